The maximum Gasteiger partial charge on any atom is 0.330 e. The summed E-state index contributed by atoms with van der Waals surface area (Å²) in [6, 6.07) is 18.8. The molecule has 2 aromatic carbocycles. The fourth-order valence-electron chi connectivity index (χ4n) is 2.47. The minimum atomic E-state index is -0.511. The molecule has 5 nitrogen and oxygen atoms in total. The normalized spacial score (nSPS) is 11.9. The van der Waals surface area contributed by atoms with Gasteiger partial charge in [0, 0.05) is 12.6 Å². The highest BCUT2D eigenvalue weighted by Crippen LogP contribution is 2.07. The molecule has 2 aromatic rings. The second kappa shape index (κ2) is 11.6. The molecule has 0 heterocycles. The molecule has 1 atom stereocenters. The lowest BCUT2D eigenvalue weighted by Crippen LogP contribution is -2.40. The summed E-state index contributed by atoms with van der Waals surface area (Å²) in [6.07, 6.45) is 3.49. The minimum Gasteiger partial charge on any atom is -0.463 e. The molecule has 0 unspecified atom stereocenters. The lowest BCUT2D eigenvalue weighted by atomic mass is 10.1. The van der Waals surface area contributed by atoms with Crippen LogP contribution >= 0.6 is 0 Å². The Morgan fingerprint density at radius 1 is 0.963 bits per heavy atom. The summed E-state index contributed by atoms with van der Waals surface area (Å²) in [5.41, 5.74) is 1.97. The topological polar surface area (TPSA) is 64.6 Å². The van der Waals surface area contributed by atoms with Crippen LogP contribution in [0.2, 0.25) is 0 Å². The number of hydrogen-bond acceptors (Lipinski definition) is 5. The Hall–Kier alpha value is -2.92. The van der Waals surface area contributed by atoms with E-state index in [9.17, 15) is 9.59 Å². The van der Waals surface area contributed by atoms with Gasteiger partial charge in [0.15, 0.2) is 0 Å². The Morgan fingerprint density at radius 2 is 1.59 bits per heavy atom. The molecule has 0 bridgehead atoms. The van der Waals surface area contributed by atoms with Gasteiger partial charge >= 0.3 is 11.9 Å². The third-order valence-electron chi connectivity index (χ3n) is 3.81. The standard InChI is InChI=1S/C22H25NO4/c1-2-26-21(24)14-9-15-23-20(16-18-10-5-3-6-11-18)22(25)27-17-19-12-7-4-8-13-19/h3-14,20,23H,2,15-17H2,1H3/b14-9+/t20-/m0/s1. The number of carbonyl (C=O) groups is 2. The molecule has 0 fully saturated rings. The Balaban J connectivity index is 1.93. The van der Waals surface area contributed by atoms with Crippen molar-refractivity contribution in [3.05, 3.63) is 83.9 Å². The number of esters is 2. The molecule has 1 N–H and O–H groups in total. The summed E-state index contributed by atoms with van der Waals surface area (Å²) in [7, 11) is 0. The summed E-state index contributed by atoms with van der Waals surface area (Å²) in [5, 5.41) is 3.13. The number of rotatable bonds is 10. The zero-order valence-electron chi connectivity index (χ0n) is 15.5. The first kappa shape index (κ1) is 20.4. The molecule has 0 amide bonds. The Bertz CT molecular complexity index is 728. The lowest BCUT2D eigenvalue weighted by Gasteiger charge is -2.17. The van der Waals surface area contributed by atoms with Crippen molar-refractivity contribution in [3.8, 4) is 0 Å². The first-order valence-corrected chi connectivity index (χ1v) is 9.00. The largest absolute Gasteiger partial charge is 0.463 e. The third kappa shape index (κ3) is 7.88. The van der Waals surface area contributed by atoms with E-state index in [1.54, 1.807) is 13.0 Å². The van der Waals surface area contributed by atoms with Crippen LogP contribution in [0.1, 0.15) is 18.1 Å². The Labute approximate surface area is 160 Å². The van der Waals surface area contributed by atoms with Crippen molar-refractivity contribution in [1.82, 2.24) is 5.32 Å². The molecule has 5 heteroatoms. The number of carbonyl (C=O) groups excluding carboxylic acids is 2. The molecule has 0 aliphatic carbocycles. The van der Waals surface area contributed by atoms with Gasteiger partial charge in [0.1, 0.15) is 12.6 Å². The highest BCUT2D eigenvalue weighted by atomic mass is 16.5. The van der Waals surface area contributed by atoms with Crippen molar-refractivity contribution in [2.24, 2.45) is 0 Å². The van der Waals surface area contributed by atoms with Crippen molar-refractivity contribution in [2.45, 2.75) is 26.0 Å². The molecule has 142 valence electrons. The van der Waals surface area contributed by atoms with Gasteiger partial charge < -0.3 is 14.8 Å². The van der Waals surface area contributed by atoms with E-state index in [-0.39, 0.29) is 12.6 Å². The fraction of sp³-hybridized carbons (Fsp3) is 0.273. The van der Waals surface area contributed by atoms with Gasteiger partial charge in [0.2, 0.25) is 0 Å². The molecular weight excluding hydrogens is 342 g/mol. The second-order valence-electron chi connectivity index (χ2n) is 5.90. The van der Waals surface area contributed by atoms with Crippen molar-refractivity contribution in [2.75, 3.05) is 13.2 Å². The molecular formula is C22H25NO4. The molecule has 0 aliphatic heterocycles. The van der Waals surface area contributed by atoms with Gasteiger partial charge in [0.05, 0.1) is 6.61 Å². The van der Waals surface area contributed by atoms with Gasteiger partial charge in [-0.05, 0) is 24.5 Å². The maximum absolute atomic E-state index is 12.6. The second-order valence-corrected chi connectivity index (χ2v) is 5.90. The van der Waals surface area contributed by atoms with Crippen LogP contribution in [0.25, 0.3) is 0 Å². The highest BCUT2D eigenvalue weighted by Gasteiger charge is 2.19. The SMILES string of the molecule is CCOC(=O)/C=C/CN[C@@H](Cc1ccccc1)C(=O)OCc1ccccc1. The van der Waals surface area contributed by atoms with E-state index in [0.717, 1.165) is 11.1 Å². The van der Waals surface area contributed by atoms with E-state index in [1.165, 1.54) is 6.08 Å². The Kier molecular flexibility index (Phi) is 8.80. The van der Waals surface area contributed by atoms with Gasteiger partial charge in [-0.3, -0.25) is 4.79 Å². The van der Waals surface area contributed by atoms with Crippen LogP contribution < -0.4 is 5.32 Å². The van der Waals surface area contributed by atoms with E-state index >= 15 is 0 Å². The highest BCUT2D eigenvalue weighted by molar-refractivity contribution is 5.82. The lowest BCUT2D eigenvalue weighted by molar-refractivity contribution is -0.147. The first-order chi connectivity index (χ1) is 13.2. The van der Waals surface area contributed by atoms with Crippen LogP contribution in [-0.2, 0) is 32.1 Å². The smallest absolute Gasteiger partial charge is 0.330 e. The van der Waals surface area contributed by atoms with Gasteiger partial charge in [0.25, 0.3) is 0 Å². The van der Waals surface area contributed by atoms with Gasteiger partial charge in [-0.1, -0.05) is 66.7 Å². The van der Waals surface area contributed by atoms with Crippen LogP contribution in [0.15, 0.2) is 72.8 Å². The van der Waals surface area contributed by atoms with Crippen LogP contribution in [0.4, 0.5) is 0 Å². The number of ether oxygens (including phenoxy) is 2. The monoisotopic (exact) mass is 367 g/mol. The molecule has 27 heavy (non-hydrogen) atoms. The summed E-state index contributed by atoms with van der Waals surface area (Å²) in [4.78, 5) is 23.9. The summed E-state index contributed by atoms with van der Waals surface area (Å²) in [5.74, 6) is -0.724. The van der Waals surface area contributed by atoms with Gasteiger partial charge in [-0.25, -0.2) is 4.79 Å². The average Bonchev–Trinajstić information content (AvgIpc) is 2.70. The van der Waals surface area contributed by atoms with E-state index in [0.29, 0.717) is 19.6 Å². The van der Waals surface area contributed by atoms with Crippen LogP contribution in [-0.4, -0.2) is 31.1 Å². The summed E-state index contributed by atoms with van der Waals surface area (Å²) >= 11 is 0. The molecule has 0 aromatic heterocycles. The number of nitrogens with one attached hydrogen (secondary N) is 1. The zero-order valence-corrected chi connectivity index (χ0v) is 15.5. The van der Waals surface area contributed by atoms with Crippen molar-refractivity contribution >= 4 is 11.9 Å². The quantitative estimate of drug-likeness (QED) is 0.516. The van der Waals surface area contributed by atoms with Gasteiger partial charge in [-0.15, -0.1) is 0 Å². The maximum atomic E-state index is 12.6. The van der Waals surface area contributed by atoms with Crippen molar-refractivity contribution in [1.29, 1.82) is 0 Å². The minimum absolute atomic E-state index is 0.227. The fourth-order valence-corrected chi connectivity index (χ4v) is 2.47. The summed E-state index contributed by atoms with van der Waals surface area (Å²) < 4.78 is 10.3. The molecule has 0 aliphatic rings. The van der Waals surface area contributed by atoms with Crippen molar-refractivity contribution in [3.63, 3.8) is 0 Å². The predicted octanol–water partition coefficient (Wildman–Crippen LogP) is 3.05. The van der Waals surface area contributed by atoms with E-state index in [4.69, 9.17) is 9.47 Å². The van der Waals surface area contributed by atoms with E-state index < -0.39 is 12.0 Å². The van der Waals surface area contributed by atoms with E-state index in [1.807, 2.05) is 60.7 Å². The van der Waals surface area contributed by atoms with Crippen molar-refractivity contribution < 1.29 is 19.1 Å². The molecule has 0 saturated carbocycles. The predicted molar refractivity (Wildman–Crippen MR) is 104 cm³/mol. The molecule has 0 radical (unpaired) electrons. The van der Waals surface area contributed by atoms with E-state index in [2.05, 4.69) is 5.32 Å². The van der Waals surface area contributed by atoms with Crippen LogP contribution in [0, 0.1) is 0 Å². The zero-order chi connectivity index (χ0) is 19.3. The first-order valence-electron chi connectivity index (χ1n) is 9.00. The van der Waals surface area contributed by atoms with Crippen LogP contribution in [0.3, 0.4) is 0 Å². The number of benzene rings is 2. The molecule has 0 spiro atoms. The van der Waals surface area contributed by atoms with Crippen LogP contribution in [0.5, 0.6) is 0 Å². The summed E-state index contributed by atoms with van der Waals surface area (Å²) in [6.45, 7) is 2.67. The molecule has 0 saturated heterocycles. The average molecular weight is 367 g/mol. The molecule has 2 rings (SSSR count). The third-order valence-corrected chi connectivity index (χ3v) is 3.81. The number of hydrogen-bond donors (Lipinski definition) is 1. The Morgan fingerprint density at radius 3 is 2.22 bits per heavy atom. The van der Waals surface area contributed by atoms with Gasteiger partial charge in [-0.2, -0.15) is 0 Å².